The summed E-state index contributed by atoms with van der Waals surface area (Å²) in [5.41, 5.74) is -0.755. The van der Waals surface area contributed by atoms with Gasteiger partial charge in [-0.25, -0.2) is 4.89 Å². The molecule has 1 aromatic rings. The van der Waals surface area contributed by atoms with Crippen molar-refractivity contribution in [2.75, 3.05) is 20.8 Å². The van der Waals surface area contributed by atoms with Crippen LogP contribution in [0.5, 0.6) is 11.5 Å². The Balaban J connectivity index is 1.64. The second-order valence-corrected chi connectivity index (χ2v) is 10.3. The van der Waals surface area contributed by atoms with Crippen molar-refractivity contribution in [2.45, 2.75) is 54.5 Å². The third-order valence-corrected chi connectivity index (χ3v) is 8.24. The van der Waals surface area contributed by atoms with E-state index in [4.69, 9.17) is 47.2 Å². The molecule has 1 spiro atoms. The average molecular weight is 483 g/mol. The summed E-state index contributed by atoms with van der Waals surface area (Å²) in [6.45, 7) is -1.49. The SMILES string of the molecule is COc1cc(C2(OCC(F)(F)F)OOC23C2CC4CC3CC(Cl)(C4)C2)cc(OC)c1Cl. The summed E-state index contributed by atoms with van der Waals surface area (Å²) < 4.78 is 56.1. The second kappa shape index (κ2) is 7.03. The van der Waals surface area contributed by atoms with Crippen LogP contribution < -0.4 is 9.47 Å². The number of hydrogen-bond donors (Lipinski definition) is 0. The lowest BCUT2D eigenvalue weighted by Gasteiger charge is -2.70. The molecule has 10 heteroatoms. The first-order chi connectivity index (χ1) is 14.6. The van der Waals surface area contributed by atoms with Crippen LogP contribution in [-0.4, -0.2) is 37.5 Å². The molecular weight excluding hydrogens is 460 g/mol. The molecular formula is C21H23Cl2F3O5. The predicted octanol–water partition coefficient (Wildman–Crippen LogP) is 5.61. The molecule has 0 radical (unpaired) electrons. The van der Waals surface area contributed by atoms with Gasteiger partial charge < -0.3 is 14.2 Å². The van der Waals surface area contributed by atoms with Gasteiger partial charge in [-0.15, -0.1) is 11.6 Å². The lowest BCUT2D eigenvalue weighted by Crippen LogP contribution is -2.78. The van der Waals surface area contributed by atoms with Crippen LogP contribution in [0.25, 0.3) is 0 Å². The number of hydrogen-bond acceptors (Lipinski definition) is 5. The quantitative estimate of drug-likeness (QED) is 0.403. The minimum Gasteiger partial charge on any atom is -0.495 e. The zero-order valence-electron chi connectivity index (χ0n) is 17.1. The Bertz CT molecular complexity index is 853. The van der Waals surface area contributed by atoms with Gasteiger partial charge in [-0.05, 0) is 62.0 Å². The number of benzene rings is 1. The van der Waals surface area contributed by atoms with Crippen molar-refractivity contribution in [3.8, 4) is 11.5 Å². The fraction of sp³-hybridized carbons (Fsp3) is 0.714. The number of methoxy groups -OCH3 is 2. The van der Waals surface area contributed by atoms with E-state index in [2.05, 4.69) is 0 Å². The minimum atomic E-state index is -4.55. The first kappa shape index (κ1) is 21.9. The van der Waals surface area contributed by atoms with E-state index in [1.165, 1.54) is 26.4 Å². The molecule has 4 aliphatic carbocycles. The van der Waals surface area contributed by atoms with Gasteiger partial charge in [-0.2, -0.15) is 18.1 Å². The topological polar surface area (TPSA) is 46.2 Å². The average Bonchev–Trinajstić information content (AvgIpc) is 2.66. The van der Waals surface area contributed by atoms with E-state index in [1.807, 2.05) is 0 Å². The van der Waals surface area contributed by atoms with E-state index < -0.39 is 24.2 Å². The standard InChI is InChI=1S/C21H23Cl2F3O5/c1-27-15-5-12(6-16(28-2)17(15)22)21(29-10-19(24,25)26)20(30-31-21)13-3-11-4-14(20)9-18(23,7-11)8-13/h5-6,11,13-14H,3-4,7-10H2,1-2H3. The minimum absolute atomic E-state index is 0.0918. The second-order valence-electron chi connectivity index (χ2n) is 9.17. The monoisotopic (exact) mass is 482 g/mol. The fourth-order valence-electron chi connectivity index (χ4n) is 6.50. The Morgan fingerprint density at radius 1 is 1.03 bits per heavy atom. The highest BCUT2D eigenvalue weighted by Gasteiger charge is 2.79. The van der Waals surface area contributed by atoms with Crippen molar-refractivity contribution >= 4 is 23.2 Å². The molecule has 5 aliphatic rings. The molecule has 1 aliphatic heterocycles. The van der Waals surface area contributed by atoms with E-state index in [-0.39, 0.29) is 33.2 Å². The van der Waals surface area contributed by atoms with E-state index in [0.29, 0.717) is 24.3 Å². The molecule has 5 fully saturated rings. The molecule has 1 heterocycles. The highest BCUT2D eigenvalue weighted by Crippen LogP contribution is 2.71. The van der Waals surface area contributed by atoms with Gasteiger partial charge in [0.2, 0.25) is 0 Å². The molecule has 4 saturated carbocycles. The molecule has 31 heavy (non-hydrogen) atoms. The summed E-state index contributed by atoms with van der Waals surface area (Å²) in [7, 11) is 2.84. The van der Waals surface area contributed by atoms with Crippen LogP contribution in [0.1, 0.15) is 37.7 Å². The maximum Gasteiger partial charge on any atom is 0.411 e. The Hall–Kier alpha value is -0.930. The lowest BCUT2D eigenvalue weighted by molar-refractivity contribution is -0.650. The summed E-state index contributed by atoms with van der Waals surface area (Å²) in [6.07, 6.45) is -0.709. The van der Waals surface area contributed by atoms with Gasteiger partial charge in [-0.1, -0.05) is 11.6 Å². The molecule has 3 atom stereocenters. The van der Waals surface area contributed by atoms with Crippen LogP contribution in [0, 0.1) is 17.8 Å². The molecule has 1 aromatic carbocycles. The van der Waals surface area contributed by atoms with Gasteiger partial charge in [0.15, 0.2) is 5.60 Å². The first-order valence-corrected chi connectivity index (χ1v) is 11.0. The number of halogens is 5. The van der Waals surface area contributed by atoms with Crippen molar-refractivity contribution in [2.24, 2.45) is 17.8 Å². The van der Waals surface area contributed by atoms with Crippen LogP contribution in [-0.2, 0) is 20.3 Å². The third-order valence-electron chi connectivity index (χ3n) is 7.40. The Kier molecular flexibility index (Phi) is 4.97. The van der Waals surface area contributed by atoms with Gasteiger partial charge in [0.25, 0.3) is 5.79 Å². The fourth-order valence-corrected chi connectivity index (χ4v) is 7.35. The molecule has 3 unspecified atom stereocenters. The van der Waals surface area contributed by atoms with Gasteiger partial charge in [0, 0.05) is 10.4 Å². The third kappa shape index (κ3) is 3.09. The van der Waals surface area contributed by atoms with E-state index in [1.54, 1.807) is 0 Å². The van der Waals surface area contributed by atoms with Crippen LogP contribution >= 0.6 is 23.2 Å². The summed E-state index contributed by atoms with van der Waals surface area (Å²) in [6, 6.07) is 3.07. The van der Waals surface area contributed by atoms with Crippen molar-refractivity contribution in [1.29, 1.82) is 0 Å². The molecule has 0 amide bonds. The predicted molar refractivity (Wildman–Crippen MR) is 105 cm³/mol. The van der Waals surface area contributed by atoms with Crippen molar-refractivity contribution in [3.05, 3.63) is 22.7 Å². The highest BCUT2D eigenvalue weighted by atomic mass is 35.5. The van der Waals surface area contributed by atoms with Gasteiger partial charge in [0.05, 0.1) is 14.2 Å². The Morgan fingerprint density at radius 3 is 2.03 bits per heavy atom. The molecule has 172 valence electrons. The molecule has 0 N–H and O–H groups in total. The van der Waals surface area contributed by atoms with Gasteiger partial charge in [-0.3, -0.25) is 0 Å². The molecule has 4 bridgehead atoms. The Morgan fingerprint density at radius 2 is 1.61 bits per heavy atom. The maximum absolute atomic E-state index is 13.3. The normalized spacial score (nSPS) is 40.8. The smallest absolute Gasteiger partial charge is 0.411 e. The number of ether oxygens (including phenoxy) is 3. The van der Waals surface area contributed by atoms with Crippen molar-refractivity contribution < 1.29 is 37.2 Å². The molecule has 6 rings (SSSR count). The van der Waals surface area contributed by atoms with Crippen LogP contribution in [0.4, 0.5) is 13.2 Å². The highest BCUT2D eigenvalue weighted by molar-refractivity contribution is 6.33. The number of alkyl halides is 4. The Labute approximate surface area is 187 Å². The van der Waals surface area contributed by atoms with Crippen LogP contribution in [0.3, 0.4) is 0 Å². The zero-order valence-corrected chi connectivity index (χ0v) is 18.6. The zero-order chi connectivity index (χ0) is 22.2. The van der Waals surface area contributed by atoms with Crippen LogP contribution in [0.2, 0.25) is 5.02 Å². The summed E-state index contributed by atoms with van der Waals surface area (Å²) in [4.78, 5) is 11.0. The largest absolute Gasteiger partial charge is 0.495 e. The van der Waals surface area contributed by atoms with E-state index in [9.17, 15) is 13.2 Å². The van der Waals surface area contributed by atoms with Gasteiger partial charge in [0.1, 0.15) is 23.1 Å². The first-order valence-electron chi connectivity index (χ1n) is 10.2. The maximum atomic E-state index is 13.3. The molecule has 5 nitrogen and oxygen atoms in total. The summed E-state index contributed by atoms with van der Waals surface area (Å²) in [5, 5.41) is 0.207. The van der Waals surface area contributed by atoms with E-state index in [0.717, 1.165) is 19.3 Å². The number of rotatable bonds is 5. The summed E-state index contributed by atoms with van der Waals surface area (Å²) in [5.74, 6) is -1.04. The van der Waals surface area contributed by atoms with Crippen molar-refractivity contribution in [3.63, 3.8) is 0 Å². The van der Waals surface area contributed by atoms with Gasteiger partial charge >= 0.3 is 6.18 Å². The molecule has 1 saturated heterocycles. The van der Waals surface area contributed by atoms with E-state index >= 15 is 0 Å². The van der Waals surface area contributed by atoms with Crippen molar-refractivity contribution in [1.82, 2.24) is 0 Å². The summed E-state index contributed by atoms with van der Waals surface area (Å²) >= 11 is 13.2. The lowest BCUT2D eigenvalue weighted by atomic mass is 9.46. The molecule has 0 aromatic heterocycles. The van der Waals surface area contributed by atoms with Crippen LogP contribution in [0.15, 0.2) is 12.1 Å².